The third-order valence-electron chi connectivity index (χ3n) is 2.92. The smallest absolute Gasteiger partial charge is 0.147 e. The van der Waals surface area contributed by atoms with Crippen LogP contribution in [-0.4, -0.2) is 23.4 Å². The van der Waals surface area contributed by atoms with Gasteiger partial charge in [0.15, 0.2) is 0 Å². The standard InChI is InChI=1S/C11H13BrCl2N2/c12-6-8-1-3-16(4-2-8)11-10(14)5-9(13)7-15-11/h5,7-8H,1-4,6H2. The molecule has 1 aromatic heterocycles. The number of anilines is 1. The lowest BCUT2D eigenvalue weighted by atomic mass is 9.99. The molecule has 1 aromatic rings. The molecule has 0 amide bonds. The minimum Gasteiger partial charge on any atom is -0.355 e. The van der Waals surface area contributed by atoms with E-state index in [9.17, 15) is 0 Å². The fourth-order valence-corrected chi connectivity index (χ4v) is 3.09. The monoisotopic (exact) mass is 322 g/mol. The largest absolute Gasteiger partial charge is 0.355 e. The van der Waals surface area contributed by atoms with Crippen LogP contribution in [0.2, 0.25) is 10.0 Å². The van der Waals surface area contributed by atoms with Crippen LogP contribution in [0.15, 0.2) is 12.3 Å². The zero-order valence-electron chi connectivity index (χ0n) is 8.80. The Morgan fingerprint density at radius 3 is 2.62 bits per heavy atom. The molecular weight excluding hydrogens is 311 g/mol. The summed E-state index contributed by atoms with van der Waals surface area (Å²) in [6.45, 7) is 2.04. The molecule has 1 aliphatic heterocycles. The van der Waals surface area contributed by atoms with Gasteiger partial charge in [0.1, 0.15) is 5.82 Å². The maximum absolute atomic E-state index is 6.14. The molecule has 1 aliphatic rings. The molecule has 0 N–H and O–H groups in total. The zero-order chi connectivity index (χ0) is 11.5. The first-order chi connectivity index (χ1) is 7.70. The van der Waals surface area contributed by atoms with Crippen molar-refractivity contribution >= 4 is 44.9 Å². The number of aromatic nitrogens is 1. The molecule has 0 spiro atoms. The molecule has 0 bridgehead atoms. The van der Waals surface area contributed by atoms with E-state index >= 15 is 0 Å². The van der Waals surface area contributed by atoms with Crippen molar-refractivity contribution in [3.05, 3.63) is 22.3 Å². The predicted octanol–water partition coefficient (Wildman–Crippen LogP) is 4.00. The van der Waals surface area contributed by atoms with Crippen LogP contribution in [-0.2, 0) is 0 Å². The average molecular weight is 324 g/mol. The van der Waals surface area contributed by atoms with Crippen molar-refractivity contribution in [2.75, 3.05) is 23.3 Å². The molecule has 0 unspecified atom stereocenters. The Hall–Kier alpha value is 0.01000. The Morgan fingerprint density at radius 2 is 2.06 bits per heavy atom. The van der Waals surface area contributed by atoms with Gasteiger partial charge < -0.3 is 4.90 Å². The van der Waals surface area contributed by atoms with E-state index in [2.05, 4.69) is 25.8 Å². The number of nitrogens with zero attached hydrogens (tertiary/aromatic N) is 2. The molecule has 0 radical (unpaired) electrons. The molecule has 2 rings (SSSR count). The van der Waals surface area contributed by atoms with E-state index in [0.717, 1.165) is 30.2 Å². The fraction of sp³-hybridized carbons (Fsp3) is 0.545. The summed E-state index contributed by atoms with van der Waals surface area (Å²) in [6.07, 6.45) is 4.02. The van der Waals surface area contributed by atoms with Crippen molar-refractivity contribution < 1.29 is 0 Å². The van der Waals surface area contributed by atoms with E-state index < -0.39 is 0 Å². The van der Waals surface area contributed by atoms with Gasteiger partial charge in [-0.2, -0.15) is 0 Å². The summed E-state index contributed by atoms with van der Waals surface area (Å²) >= 11 is 15.5. The Labute approximate surface area is 114 Å². The van der Waals surface area contributed by atoms with Crippen LogP contribution in [0, 0.1) is 5.92 Å². The first-order valence-corrected chi connectivity index (χ1v) is 7.20. The number of piperidine rings is 1. The summed E-state index contributed by atoms with van der Waals surface area (Å²) in [5.74, 6) is 1.64. The molecule has 2 heterocycles. The Kier molecular flexibility index (Phi) is 4.34. The molecular formula is C11H13BrCl2N2. The Balaban J connectivity index is 2.08. The van der Waals surface area contributed by atoms with Gasteiger partial charge in [-0.15, -0.1) is 0 Å². The van der Waals surface area contributed by atoms with Gasteiger partial charge in [0.2, 0.25) is 0 Å². The zero-order valence-corrected chi connectivity index (χ0v) is 11.9. The Bertz CT molecular complexity index is 365. The molecule has 1 saturated heterocycles. The van der Waals surface area contributed by atoms with Crippen LogP contribution in [0.4, 0.5) is 5.82 Å². The van der Waals surface area contributed by atoms with E-state index in [-0.39, 0.29) is 0 Å². The molecule has 2 nitrogen and oxygen atoms in total. The van der Waals surface area contributed by atoms with Crippen LogP contribution in [0.3, 0.4) is 0 Å². The van der Waals surface area contributed by atoms with Crippen molar-refractivity contribution in [1.29, 1.82) is 0 Å². The number of alkyl halides is 1. The number of hydrogen-bond donors (Lipinski definition) is 0. The van der Waals surface area contributed by atoms with Gasteiger partial charge in [-0.25, -0.2) is 4.98 Å². The molecule has 16 heavy (non-hydrogen) atoms. The third-order valence-corrected chi connectivity index (χ3v) is 4.32. The lowest BCUT2D eigenvalue weighted by molar-refractivity contribution is 0.445. The first-order valence-electron chi connectivity index (χ1n) is 5.32. The van der Waals surface area contributed by atoms with E-state index in [1.165, 1.54) is 12.8 Å². The maximum Gasteiger partial charge on any atom is 0.147 e. The van der Waals surface area contributed by atoms with Crippen molar-refractivity contribution in [2.45, 2.75) is 12.8 Å². The summed E-state index contributed by atoms with van der Waals surface area (Å²) in [7, 11) is 0. The quantitative estimate of drug-likeness (QED) is 0.765. The molecule has 0 aromatic carbocycles. The molecule has 0 aliphatic carbocycles. The fourth-order valence-electron chi connectivity index (χ4n) is 1.94. The summed E-state index contributed by atoms with van der Waals surface area (Å²) in [5, 5.41) is 2.32. The molecule has 0 saturated carbocycles. The second-order valence-electron chi connectivity index (χ2n) is 4.04. The normalized spacial score (nSPS) is 17.8. The second-order valence-corrected chi connectivity index (χ2v) is 5.53. The van der Waals surface area contributed by atoms with E-state index in [0.29, 0.717) is 10.0 Å². The molecule has 88 valence electrons. The minimum atomic E-state index is 0.587. The average Bonchev–Trinajstić information content (AvgIpc) is 2.29. The van der Waals surface area contributed by atoms with Gasteiger partial charge in [-0.1, -0.05) is 39.1 Å². The minimum absolute atomic E-state index is 0.587. The van der Waals surface area contributed by atoms with Crippen LogP contribution in [0.5, 0.6) is 0 Å². The number of pyridine rings is 1. The van der Waals surface area contributed by atoms with Crippen molar-refractivity contribution in [3.63, 3.8) is 0 Å². The van der Waals surface area contributed by atoms with E-state index in [4.69, 9.17) is 23.2 Å². The Morgan fingerprint density at radius 1 is 1.38 bits per heavy atom. The highest BCUT2D eigenvalue weighted by atomic mass is 79.9. The SMILES string of the molecule is Clc1cnc(N2CCC(CBr)CC2)c(Cl)c1. The lowest BCUT2D eigenvalue weighted by Gasteiger charge is -2.32. The molecule has 1 fully saturated rings. The van der Waals surface area contributed by atoms with E-state index in [1.807, 2.05) is 0 Å². The van der Waals surface area contributed by atoms with Gasteiger partial charge in [0.05, 0.1) is 10.0 Å². The maximum atomic E-state index is 6.14. The highest BCUT2D eigenvalue weighted by Crippen LogP contribution is 2.29. The van der Waals surface area contributed by atoms with Gasteiger partial charge in [-0.3, -0.25) is 0 Å². The lowest BCUT2D eigenvalue weighted by Crippen LogP contribution is -2.34. The van der Waals surface area contributed by atoms with Gasteiger partial charge >= 0.3 is 0 Å². The summed E-state index contributed by atoms with van der Waals surface area (Å²) in [4.78, 5) is 6.54. The van der Waals surface area contributed by atoms with Crippen molar-refractivity contribution in [3.8, 4) is 0 Å². The summed E-state index contributed by atoms with van der Waals surface area (Å²) < 4.78 is 0. The van der Waals surface area contributed by atoms with Crippen molar-refractivity contribution in [1.82, 2.24) is 4.98 Å². The van der Waals surface area contributed by atoms with Crippen LogP contribution < -0.4 is 4.90 Å². The molecule has 5 heteroatoms. The summed E-state index contributed by atoms with van der Waals surface area (Å²) in [5.41, 5.74) is 0. The van der Waals surface area contributed by atoms with Crippen LogP contribution in [0.1, 0.15) is 12.8 Å². The predicted molar refractivity (Wildman–Crippen MR) is 73.0 cm³/mol. The highest BCUT2D eigenvalue weighted by molar-refractivity contribution is 9.09. The van der Waals surface area contributed by atoms with Gasteiger partial charge in [0, 0.05) is 24.6 Å². The number of halogens is 3. The molecule has 0 atom stereocenters. The number of rotatable bonds is 2. The van der Waals surface area contributed by atoms with Crippen LogP contribution >= 0.6 is 39.1 Å². The van der Waals surface area contributed by atoms with E-state index in [1.54, 1.807) is 12.3 Å². The topological polar surface area (TPSA) is 16.1 Å². The third kappa shape index (κ3) is 2.82. The van der Waals surface area contributed by atoms with Crippen molar-refractivity contribution in [2.24, 2.45) is 5.92 Å². The van der Waals surface area contributed by atoms with Gasteiger partial charge in [0.25, 0.3) is 0 Å². The summed E-state index contributed by atoms with van der Waals surface area (Å²) in [6, 6.07) is 1.75. The number of hydrogen-bond acceptors (Lipinski definition) is 2. The highest BCUT2D eigenvalue weighted by Gasteiger charge is 2.20. The van der Waals surface area contributed by atoms with Gasteiger partial charge in [-0.05, 0) is 24.8 Å². The first kappa shape index (κ1) is 12.5. The van der Waals surface area contributed by atoms with Crippen LogP contribution in [0.25, 0.3) is 0 Å². The second kappa shape index (κ2) is 5.56.